The van der Waals surface area contributed by atoms with E-state index in [1.54, 1.807) is 0 Å². The number of carbonyl (C=O) groups is 3. The van der Waals surface area contributed by atoms with Gasteiger partial charge in [0.25, 0.3) is 0 Å². The Labute approximate surface area is 378 Å². The molecule has 0 rings (SSSR count). The van der Waals surface area contributed by atoms with Gasteiger partial charge in [-0.2, -0.15) is 0 Å². The van der Waals surface area contributed by atoms with Crippen LogP contribution >= 0.6 is 0 Å². The van der Waals surface area contributed by atoms with Crippen LogP contribution in [0, 0.1) is 0 Å². The van der Waals surface area contributed by atoms with E-state index in [0.717, 1.165) is 38.5 Å². The van der Waals surface area contributed by atoms with Crippen LogP contribution in [-0.4, -0.2) is 75.5 Å². The lowest BCUT2D eigenvalue weighted by atomic mass is 10.0. The third kappa shape index (κ3) is 43.1. The van der Waals surface area contributed by atoms with Gasteiger partial charge in [0, 0.05) is 19.3 Å². The van der Waals surface area contributed by atoms with E-state index in [2.05, 4.69) is 26.0 Å². The van der Waals surface area contributed by atoms with Crippen LogP contribution in [0.4, 0.5) is 0 Å². The van der Waals surface area contributed by atoms with Gasteiger partial charge in [-0.1, -0.05) is 212 Å². The zero-order valence-electron chi connectivity index (χ0n) is 41.1. The van der Waals surface area contributed by atoms with Crippen LogP contribution in [0.25, 0.3) is 0 Å². The molecular formula is C53H101NO7. The normalized spacial score (nSPS) is 12.9. The van der Waals surface area contributed by atoms with Crippen LogP contribution in [0.1, 0.15) is 258 Å². The summed E-state index contributed by atoms with van der Waals surface area (Å²) in [5.41, 5.74) is 0. The van der Waals surface area contributed by atoms with Crippen molar-refractivity contribution >= 4 is 17.9 Å². The number of carbonyl (C=O) groups excluding carboxylic acids is 3. The Balaban J connectivity index is 4.21. The number of hydrogen-bond donors (Lipinski definition) is 0. The third-order valence-corrected chi connectivity index (χ3v) is 12.2. The van der Waals surface area contributed by atoms with E-state index in [0.29, 0.717) is 12.8 Å². The first kappa shape index (κ1) is 59.1. The first-order valence-electron chi connectivity index (χ1n) is 26.2. The van der Waals surface area contributed by atoms with Crippen LogP contribution < -0.4 is 5.11 Å². The number of unbranched alkanes of at least 4 members (excludes halogenated alkanes) is 32. The monoisotopic (exact) mass is 864 g/mol. The maximum atomic E-state index is 12.8. The Morgan fingerprint density at radius 1 is 0.475 bits per heavy atom. The molecule has 0 spiro atoms. The number of nitrogens with zero attached hydrogens (tertiary/aromatic N) is 1. The molecule has 0 saturated carbocycles. The van der Waals surface area contributed by atoms with Crippen molar-refractivity contribution in [3.8, 4) is 0 Å². The maximum Gasteiger partial charge on any atom is 0.306 e. The summed E-state index contributed by atoms with van der Waals surface area (Å²) in [6, 6.07) is -0.723. The van der Waals surface area contributed by atoms with Gasteiger partial charge in [-0.25, -0.2) is 0 Å². The van der Waals surface area contributed by atoms with Crippen LogP contribution in [0.3, 0.4) is 0 Å². The average molecular weight is 864 g/mol. The fraction of sp³-hybridized carbons (Fsp3) is 0.906. The summed E-state index contributed by atoms with van der Waals surface area (Å²) in [5.74, 6) is -1.72. The van der Waals surface area contributed by atoms with Crippen molar-refractivity contribution < 1.29 is 38.2 Å². The predicted molar refractivity (Wildman–Crippen MR) is 254 cm³/mol. The minimum absolute atomic E-state index is 0.0451. The molecule has 0 aliphatic carbocycles. The topological polar surface area (TPSA) is 102 Å². The van der Waals surface area contributed by atoms with Crippen LogP contribution in [0.15, 0.2) is 12.2 Å². The highest BCUT2D eigenvalue weighted by molar-refractivity contribution is 5.70. The van der Waals surface area contributed by atoms with Crippen molar-refractivity contribution in [3.05, 3.63) is 12.2 Å². The van der Waals surface area contributed by atoms with Gasteiger partial charge < -0.3 is 28.6 Å². The second kappa shape index (κ2) is 44.7. The number of allylic oxidation sites excluding steroid dienone is 2. The van der Waals surface area contributed by atoms with Gasteiger partial charge in [0.05, 0.1) is 40.3 Å². The number of hydrogen-bond acceptors (Lipinski definition) is 7. The number of carboxylic acid groups (broad SMARTS) is 1. The molecule has 0 saturated heterocycles. The zero-order chi connectivity index (χ0) is 44.9. The standard InChI is InChI=1S/C53H101NO7/c1-6-8-10-12-14-16-18-20-22-24-25-26-28-30-32-34-36-38-40-42-44-52(56)61-49(47-59-46-45-50(53(57)58)54(3,4)5)48-60-51(55)43-41-39-37-35-33-31-29-27-23-21-19-17-15-13-11-9-7-2/h25-26,49-50H,6-24,27-48H2,1-5H3/b26-25+. The van der Waals surface area contributed by atoms with E-state index in [4.69, 9.17) is 14.2 Å². The predicted octanol–water partition coefficient (Wildman–Crippen LogP) is 13.7. The molecule has 0 aliphatic heterocycles. The van der Waals surface area contributed by atoms with Crippen molar-refractivity contribution in [1.82, 2.24) is 0 Å². The van der Waals surface area contributed by atoms with E-state index in [9.17, 15) is 19.5 Å². The van der Waals surface area contributed by atoms with Gasteiger partial charge in [0.1, 0.15) is 12.6 Å². The minimum atomic E-state index is -1.12. The van der Waals surface area contributed by atoms with Gasteiger partial charge in [-0.15, -0.1) is 0 Å². The third-order valence-electron chi connectivity index (χ3n) is 12.2. The zero-order valence-corrected chi connectivity index (χ0v) is 41.1. The number of carboxylic acids is 1. The number of aliphatic carboxylic acids is 1. The highest BCUT2D eigenvalue weighted by Gasteiger charge is 2.25. The summed E-state index contributed by atoms with van der Waals surface area (Å²) in [4.78, 5) is 37.0. The summed E-state index contributed by atoms with van der Waals surface area (Å²) in [6.45, 7) is 4.71. The molecule has 0 N–H and O–H groups in total. The molecule has 2 atom stereocenters. The molecule has 61 heavy (non-hydrogen) atoms. The van der Waals surface area contributed by atoms with Gasteiger partial charge >= 0.3 is 11.9 Å². The molecule has 0 aromatic rings. The largest absolute Gasteiger partial charge is 0.544 e. The van der Waals surface area contributed by atoms with E-state index in [1.807, 2.05) is 21.1 Å². The lowest BCUT2D eigenvalue weighted by molar-refractivity contribution is -0.889. The molecule has 0 aromatic carbocycles. The van der Waals surface area contributed by atoms with E-state index in [-0.39, 0.29) is 42.7 Å². The van der Waals surface area contributed by atoms with Crippen molar-refractivity contribution in [2.24, 2.45) is 0 Å². The summed E-state index contributed by atoms with van der Waals surface area (Å²) in [5, 5.41) is 11.7. The SMILES string of the molecule is CCCCCCCCCCC/C=C/CCCCCCCCCC(=O)OC(COCCC(C(=O)[O-])[N+](C)(C)C)COC(=O)CCCCCCCCCCCCCCCCCCC. The fourth-order valence-corrected chi connectivity index (χ4v) is 8.07. The Hall–Kier alpha value is -1.93. The van der Waals surface area contributed by atoms with Gasteiger partial charge in [-0.05, 0) is 38.5 Å². The van der Waals surface area contributed by atoms with Crippen molar-refractivity contribution in [2.45, 2.75) is 270 Å². The number of quaternary nitrogens is 1. The molecule has 0 heterocycles. The van der Waals surface area contributed by atoms with Crippen LogP contribution in [-0.2, 0) is 28.6 Å². The Kier molecular flexibility index (Phi) is 43.3. The quantitative estimate of drug-likeness (QED) is 0.0260. The molecule has 0 aromatic heterocycles. The summed E-state index contributed by atoms with van der Waals surface area (Å²) in [7, 11) is 5.43. The highest BCUT2D eigenvalue weighted by atomic mass is 16.6. The number of ether oxygens (including phenoxy) is 3. The van der Waals surface area contributed by atoms with Crippen LogP contribution in [0.2, 0.25) is 0 Å². The average Bonchev–Trinajstić information content (AvgIpc) is 3.22. The Morgan fingerprint density at radius 2 is 0.820 bits per heavy atom. The summed E-state index contributed by atoms with van der Waals surface area (Å²) >= 11 is 0. The lowest BCUT2D eigenvalue weighted by Crippen LogP contribution is -2.55. The van der Waals surface area contributed by atoms with Gasteiger partial charge in [-0.3, -0.25) is 9.59 Å². The molecule has 0 bridgehead atoms. The first-order valence-corrected chi connectivity index (χ1v) is 26.2. The molecule has 0 aliphatic rings. The molecule has 8 heteroatoms. The summed E-state index contributed by atoms with van der Waals surface area (Å²) in [6.07, 6.45) is 49.5. The lowest BCUT2D eigenvalue weighted by Gasteiger charge is -2.34. The van der Waals surface area contributed by atoms with Crippen LogP contribution in [0.5, 0.6) is 0 Å². The molecule has 0 amide bonds. The molecule has 0 fully saturated rings. The first-order chi connectivity index (χ1) is 29.6. The van der Waals surface area contributed by atoms with E-state index in [1.165, 1.54) is 186 Å². The van der Waals surface area contributed by atoms with Crippen molar-refractivity contribution in [1.29, 1.82) is 0 Å². The molecular weight excluding hydrogens is 763 g/mol. The molecule has 2 unspecified atom stereocenters. The molecule has 8 nitrogen and oxygen atoms in total. The van der Waals surface area contributed by atoms with E-state index >= 15 is 0 Å². The smallest absolute Gasteiger partial charge is 0.306 e. The molecule has 0 radical (unpaired) electrons. The molecule has 360 valence electrons. The number of likely N-dealkylation sites (N-methyl/N-ethyl adjacent to an activating group) is 1. The second-order valence-corrected chi connectivity index (χ2v) is 19.1. The van der Waals surface area contributed by atoms with Gasteiger partial charge in [0.15, 0.2) is 6.10 Å². The highest BCUT2D eigenvalue weighted by Crippen LogP contribution is 2.16. The minimum Gasteiger partial charge on any atom is -0.544 e. The number of rotatable bonds is 48. The Morgan fingerprint density at radius 3 is 1.18 bits per heavy atom. The van der Waals surface area contributed by atoms with E-state index < -0.39 is 18.1 Å². The maximum absolute atomic E-state index is 12.8. The number of esters is 2. The second-order valence-electron chi connectivity index (χ2n) is 19.1. The van der Waals surface area contributed by atoms with Crippen molar-refractivity contribution in [2.75, 3.05) is 41.0 Å². The fourth-order valence-electron chi connectivity index (χ4n) is 8.07. The van der Waals surface area contributed by atoms with Crippen molar-refractivity contribution in [3.63, 3.8) is 0 Å². The van der Waals surface area contributed by atoms with Gasteiger partial charge in [0.2, 0.25) is 0 Å². The summed E-state index contributed by atoms with van der Waals surface area (Å²) < 4.78 is 17.3. The Bertz CT molecular complexity index is 1010.